The summed E-state index contributed by atoms with van der Waals surface area (Å²) in [4.78, 5) is 0. The molecule has 0 unspecified atom stereocenters. The van der Waals surface area contributed by atoms with Crippen molar-refractivity contribution in [3.05, 3.63) is 18.2 Å². The van der Waals surface area contributed by atoms with E-state index in [0.29, 0.717) is 12.1 Å². The Labute approximate surface area is 74.2 Å². The molecule has 0 saturated carbocycles. The van der Waals surface area contributed by atoms with Crippen LogP contribution in [0.5, 0.6) is 5.75 Å². The van der Waals surface area contributed by atoms with Gasteiger partial charge in [0.25, 0.3) is 0 Å². The number of hydrogen-bond acceptors (Lipinski definition) is 4. The average Bonchev–Trinajstić information content (AvgIpc) is 2.49. The highest BCUT2D eigenvalue weighted by molar-refractivity contribution is 5.75. The minimum absolute atomic E-state index is 0.0271. The molecule has 1 heterocycles. The number of fused-ring (bicyclic) bond motifs is 1. The molecule has 2 rings (SSSR count). The van der Waals surface area contributed by atoms with Gasteiger partial charge in [0.15, 0.2) is 0 Å². The Morgan fingerprint density at radius 2 is 2.23 bits per heavy atom. The molecular formula is C8H9N3O2. The lowest BCUT2D eigenvalue weighted by Gasteiger charge is -1.97. The average molecular weight is 179 g/mol. The number of benzene rings is 1. The Morgan fingerprint density at radius 3 is 3.00 bits per heavy atom. The summed E-state index contributed by atoms with van der Waals surface area (Å²) in [5, 5.41) is 25.5. The smallest absolute Gasteiger partial charge is 0.117 e. The predicted molar refractivity (Wildman–Crippen MR) is 46.3 cm³/mol. The molecule has 0 saturated heterocycles. The first-order valence-corrected chi connectivity index (χ1v) is 3.94. The summed E-state index contributed by atoms with van der Waals surface area (Å²) >= 11 is 0. The van der Waals surface area contributed by atoms with Gasteiger partial charge in [0.2, 0.25) is 0 Å². The lowest BCUT2D eigenvalue weighted by atomic mass is 10.3. The summed E-state index contributed by atoms with van der Waals surface area (Å²) in [7, 11) is 0. The van der Waals surface area contributed by atoms with Crippen LogP contribution in [-0.4, -0.2) is 31.8 Å². The summed E-state index contributed by atoms with van der Waals surface area (Å²) in [5.41, 5.74) is 1.44. The Hall–Kier alpha value is -1.62. The van der Waals surface area contributed by atoms with Crippen LogP contribution in [0.15, 0.2) is 18.2 Å². The van der Waals surface area contributed by atoms with E-state index < -0.39 is 0 Å². The van der Waals surface area contributed by atoms with Crippen molar-refractivity contribution in [2.24, 2.45) is 0 Å². The molecule has 0 amide bonds. The zero-order valence-electron chi connectivity index (χ0n) is 6.88. The molecule has 2 N–H and O–H groups in total. The van der Waals surface area contributed by atoms with Gasteiger partial charge in [-0.15, -0.1) is 5.10 Å². The van der Waals surface area contributed by atoms with Crippen molar-refractivity contribution in [1.29, 1.82) is 0 Å². The van der Waals surface area contributed by atoms with E-state index in [4.69, 9.17) is 10.2 Å². The maximum Gasteiger partial charge on any atom is 0.117 e. The predicted octanol–water partition coefficient (Wildman–Crippen LogP) is 0.129. The molecule has 0 aliphatic rings. The monoisotopic (exact) mass is 179 g/mol. The lowest BCUT2D eigenvalue weighted by Crippen LogP contribution is -2.03. The van der Waals surface area contributed by atoms with Gasteiger partial charge in [-0.1, -0.05) is 5.21 Å². The molecule has 0 radical (unpaired) electrons. The van der Waals surface area contributed by atoms with Crippen molar-refractivity contribution in [3.63, 3.8) is 0 Å². The van der Waals surface area contributed by atoms with Gasteiger partial charge in [-0.2, -0.15) is 0 Å². The first kappa shape index (κ1) is 8.00. The van der Waals surface area contributed by atoms with Crippen molar-refractivity contribution in [2.75, 3.05) is 6.61 Å². The second kappa shape index (κ2) is 3.02. The van der Waals surface area contributed by atoms with Crippen LogP contribution in [-0.2, 0) is 6.54 Å². The van der Waals surface area contributed by atoms with Gasteiger partial charge >= 0.3 is 0 Å². The second-order valence-electron chi connectivity index (χ2n) is 2.71. The molecule has 0 spiro atoms. The number of rotatable bonds is 2. The molecule has 0 aliphatic heterocycles. The van der Waals surface area contributed by atoms with Gasteiger partial charge < -0.3 is 10.2 Å². The van der Waals surface area contributed by atoms with E-state index in [1.54, 1.807) is 16.8 Å². The van der Waals surface area contributed by atoms with Crippen LogP contribution in [0.25, 0.3) is 11.0 Å². The summed E-state index contributed by atoms with van der Waals surface area (Å²) in [6.07, 6.45) is 0. The van der Waals surface area contributed by atoms with Crippen LogP contribution in [0.3, 0.4) is 0 Å². The van der Waals surface area contributed by atoms with Gasteiger partial charge in [0.05, 0.1) is 18.7 Å². The summed E-state index contributed by atoms with van der Waals surface area (Å²) in [5.74, 6) is 0.170. The summed E-state index contributed by atoms with van der Waals surface area (Å²) < 4.78 is 1.59. The van der Waals surface area contributed by atoms with Crippen LogP contribution in [0.1, 0.15) is 0 Å². The zero-order valence-corrected chi connectivity index (χ0v) is 6.88. The molecule has 1 aromatic heterocycles. The molecule has 5 nitrogen and oxygen atoms in total. The number of aromatic hydroxyl groups is 1. The third-order valence-corrected chi connectivity index (χ3v) is 1.81. The van der Waals surface area contributed by atoms with Crippen LogP contribution in [0.4, 0.5) is 0 Å². The fourth-order valence-electron chi connectivity index (χ4n) is 1.22. The van der Waals surface area contributed by atoms with Gasteiger partial charge in [0.1, 0.15) is 11.3 Å². The number of phenols is 1. The van der Waals surface area contributed by atoms with Crippen molar-refractivity contribution >= 4 is 11.0 Å². The minimum Gasteiger partial charge on any atom is -0.508 e. The highest BCUT2D eigenvalue weighted by atomic mass is 16.3. The normalized spacial score (nSPS) is 10.8. The first-order chi connectivity index (χ1) is 6.31. The van der Waals surface area contributed by atoms with Crippen molar-refractivity contribution in [3.8, 4) is 5.75 Å². The molecule has 0 aliphatic carbocycles. The first-order valence-electron chi connectivity index (χ1n) is 3.94. The number of aromatic nitrogens is 3. The topological polar surface area (TPSA) is 71.2 Å². The Bertz CT molecular complexity index is 424. The largest absolute Gasteiger partial charge is 0.508 e. The quantitative estimate of drug-likeness (QED) is 0.687. The molecule has 0 atom stereocenters. The molecule has 1 aromatic carbocycles. The molecule has 68 valence electrons. The molecule has 13 heavy (non-hydrogen) atoms. The van der Waals surface area contributed by atoms with Crippen molar-refractivity contribution < 1.29 is 10.2 Å². The van der Waals surface area contributed by atoms with E-state index in [2.05, 4.69) is 10.3 Å². The van der Waals surface area contributed by atoms with E-state index in [0.717, 1.165) is 5.52 Å². The molecule has 0 fully saturated rings. The van der Waals surface area contributed by atoms with Crippen molar-refractivity contribution in [2.45, 2.75) is 6.54 Å². The van der Waals surface area contributed by atoms with Gasteiger partial charge in [0, 0.05) is 6.07 Å². The van der Waals surface area contributed by atoms with Crippen LogP contribution in [0.2, 0.25) is 0 Å². The van der Waals surface area contributed by atoms with E-state index in [1.165, 1.54) is 6.07 Å². The van der Waals surface area contributed by atoms with Crippen LogP contribution >= 0.6 is 0 Å². The Morgan fingerprint density at radius 1 is 1.38 bits per heavy atom. The van der Waals surface area contributed by atoms with E-state index >= 15 is 0 Å². The molecule has 0 bridgehead atoms. The molecular weight excluding hydrogens is 170 g/mol. The summed E-state index contributed by atoms with van der Waals surface area (Å²) in [6.45, 7) is 0.445. The fourth-order valence-corrected chi connectivity index (χ4v) is 1.22. The third kappa shape index (κ3) is 1.33. The van der Waals surface area contributed by atoms with Gasteiger partial charge in [-0.3, -0.25) is 0 Å². The van der Waals surface area contributed by atoms with E-state index in [9.17, 15) is 0 Å². The highest BCUT2D eigenvalue weighted by Gasteiger charge is 2.03. The highest BCUT2D eigenvalue weighted by Crippen LogP contribution is 2.16. The SMILES string of the molecule is OCCn1nnc2cc(O)ccc21. The van der Waals surface area contributed by atoms with Crippen LogP contribution < -0.4 is 0 Å². The number of nitrogens with zero attached hydrogens (tertiary/aromatic N) is 3. The standard InChI is InChI=1S/C8H9N3O2/c12-4-3-11-8-2-1-6(13)5-7(8)9-10-11/h1-2,5,12-13H,3-4H2. The zero-order chi connectivity index (χ0) is 9.26. The Kier molecular flexibility index (Phi) is 1.86. The molecule has 5 heteroatoms. The number of aliphatic hydroxyl groups is 1. The maximum atomic E-state index is 9.14. The molecule has 2 aromatic rings. The minimum atomic E-state index is 0.0271. The van der Waals surface area contributed by atoms with Gasteiger partial charge in [-0.05, 0) is 12.1 Å². The fraction of sp³-hybridized carbons (Fsp3) is 0.250. The van der Waals surface area contributed by atoms with E-state index in [1.807, 2.05) is 0 Å². The number of aliphatic hydroxyl groups excluding tert-OH is 1. The van der Waals surface area contributed by atoms with Crippen LogP contribution in [0, 0.1) is 0 Å². The number of hydrogen-bond donors (Lipinski definition) is 2. The Balaban J connectivity index is 2.55. The van der Waals surface area contributed by atoms with Gasteiger partial charge in [-0.25, -0.2) is 4.68 Å². The van der Waals surface area contributed by atoms with E-state index in [-0.39, 0.29) is 12.4 Å². The lowest BCUT2D eigenvalue weighted by molar-refractivity contribution is 0.270. The second-order valence-corrected chi connectivity index (χ2v) is 2.71. The summed E-state index contributed by atoms with van der Waals surface area (Å²) in [6, 6.07) is 4.83. The maximum absolute atomic E-state index is 9.14. The third-order valence-electron chi connectivity index (χ3n) is 1.81. The van der Waals surface area contributed by atoms with Crippen molar-refractivity contribution in [1.82, 2.24) is 15.0 Å². The number of phenolic OH excluding ortho intramolecular Hbond substituents is 1.